The van der Waals surface area contributed by atoms with Crippen LogP contribution in [0.15, 0.2) is 36.0 Å². The van der Waals surface area contributed by atoms with E-state index in [-0.39, 0.29) is 11.0 Å². The van der Waals surface area contributed by atoms with E-state index >= 15 is 0 Å². The predicted octanol–water partition coefficient (Wildman–Crippen LogP) is 3.46. The van der Waals surface area contributed by atoms with Crippen LogP contribution in [-0.4, -0.2) is 36.8 Å². The van der Waals surface area contributed by atoms with Gasteiger partial charge in [0.05, 0.1) is 6.61 Å². The number of ether oxygens (including phenoxy) is 2. The van der Waals surface area contributed by atoms with Gasteiger partial charge in [-0.3, -0.25) is 10.1 Å². The van der Waals surface area contributed by atoms with E-state index in [9.17, 15) is 14.9 Å². The van der Waals surface area contributed by atoms with Gasteiger partial charge in [-0.1, -0.05) is 32.1 Å². The number of carbonyl (C=O) groups is 1. The molecule has 1 aliphatic carbocycles. The number of methoxy groups -OCH3 is 1. The monoisotopic (exact) mass is 325 g/mol. The van der Waals surface area contributed by atoms with Gasteiger partial charge >= 0.3 is 5.97 Å². The summed E-state index contributed by atoms with van der Waals surface area (Å²) in [6.07, 6.45) is 9.57. The van der Waals surface area contributed by atoms with Gasteiger partial charge in [0, 0.05) is 31.0 Å². The summed E-state index contributed by atoms with van der Waals surface area (Å²) in [6.45, 7) is 6.22. The van der Waals surface area contributed by atoms with Crippen molar-refractivity contribution in [1.29, 1.82) is 0 Å². The molecule has 0 spiro atoms. The van der Waals surface area contributed by atoms with Crippen LogP contribution in [0.25, 0.3) is 0 Å². The minimum Gasteiger partial charge on any atom is -0.455 e. The molecule has 0 bridgehead atoms. The molecule has 0 aromatic carbocycles. The zero-order chi connectivity index (χ0) is 17.7. The Labute approximate surface area is 138 Å². The highest BCUT2D eigenvalue weighted by molar-refractivity contribution is 5.82. The van der Waals surface area contributed by atoms with Crippen LogP contribution >= 0.6 is 0 Å². The van der Waals surface area contributed by atoms with Gasteiger partial charge in [0.25, 0.3) is 0 Å². The topological polar surface area (TPSA) is 78.7 Å². The van der Waals surface area contributed by atoms with Crippen molar-refractivity contribution in [2.24, 2.45) is 0 Å². The Balaban J connectivity index is 0.00000232. The first kappa shape index (κ1) is 21.0. The quantitative estimate of drug-likeness (QED) is 0.235. The Morgan fingerprint density at radius 1 is 1.52 bits per heavy atom. The lowest BCUT2D eigenvalue weighted by Gasteiger charge is -2.14. The summed E-state index contributed by atoms with van der Waals surface area (Å²) in [7, 11) is 1.58. The number of nitro groups is 1. The molecule has 0 aliphatic heterocycles. The number of nitrogens with zero attached hydrogens (tertiary/aromatic N) is 1. The Morgan fingerprint density at radius 2 is 2.22 bits per heavy atom. The van der Waals surface area contributed by atoms with Gasteiger partial charge in [-0.15, -0.1) is 0 Å². The van der Waals surface area contributed by atoms with Crippen molar-refractivity contribution in [1.82, 2.24) is 0 Å². The number of hydrogen-bond donors (Lipinski definition) is 0. The van der Waals surface area contributed by atoms with Crippen molar-refractivity contribution >= 4 is 5.97 Å². The van der Waals surface area contributed by atoms with E-state index in [1.807, 2.05) is 19.9 Å². The van der Waals surface area contributed by atoms with Crippen molar-refractivity contribution in [2.45, 2.75) is 52.2 Å². The summed E-state index contributed by atoms with van der Waals surface area (Å²) in [6, 6.07) is -0.554. The van der Waals surface area contributed by atoms with Crippen LogP contribution in [0, 0.1) is 10.1 Å². The molecule has 0 saturated heterocycles. The zero-order valence-electron chi connectivity index (χ0n) is 14.4. The van der Waals surface area contributed by atoms with Crippen LogP contribution in [0.4, 0.5) is 0 Å². The Kier molecular flexibility index (Phi) is 11.5. The van der Waals surface area contributed by atoms with Crippen molar-refractivity contribution in [3.05, 3.63) is 46.1 Å². The highest BCUT2D eigenvalue weighted by Crippen LogP contribution is 2.21. The summed E-state index contributed by atoms with van der Waals surface area (Å²) in [5.74, 6) is -0.464. The predicted molar refractivity (Wildman–Crippen MR) is 89.8 cm³/mol. The smallest absolute Gasteiger partial charge is 0.331 e. The molecule has 0 radical (unpaired) electrons. The van der Waals surface area contributed by atoms with E-state index in [4.69, 9.17) is 9.47 Å². The number of rotatable bonds is 7. The number of carbonyl (C=O) groups excluding carboxylic acids is 1. The molecule has 1 aliphatic rings. The van der Waals surface area contributed by atoms with E-state index in [1.54, 1.807) is 32.3 Å². The highest BCUT2D eigenvalue weighted by atomic mass is 16.6. The molecule has 6 nitrogen and oxygen atoms in total. The summed E-state index contributed by atoms with van der Waals surface area (Å²) < 4.78 is 9.98. The lowest BCUT2D eigenvalue weighted by atomic mass is 9.95. The second-order valence-corrected chi connectivity index (χ2v) is 4.86. The first-order valence-corrected chi connectivity index (χ1v) is 7.89. The third-order valence-corrected chi connectivity index (χ3v) is 3.08. The number of hydrogen-bond acceptors (Lipinski definition) is 5. The van der Waals surface area contributed by atoms with Gasteiger partial charge in [0.1, 0.15) is 6.10 Å². The van der Waals surface area contributed by atoms with Crippen LogP contribution in [-0.2, 0) is 14.3 Å². The largest absolute Gasteiger partial charge is 0.455 e. The number of allylic oxidation sites excluding steroid dienone is 2. The Hall–Kier alpha value is -1.95. The highest BCUT2D eigenvalue weighted by Gasteiger charge is 2.23. The molecular formula is C17H27NO5. The molecule has 1 rings (SSSR count). The minimum absolute atomic E-state index is 0.262. The molecule has 0 saturated carbocycles. The lowest BCUT2D eigenvalue weighted by molar-refractivity contribution is -0.523. The third kappa shape index (κ3) is 9.63. The van der Waals surface area contributed by atoms with E-state index < -0.39 is 12.0 Å². The molecule has 0 fully saturated rings. The summed E-state index contributed by atoms with van der Waals surface area (Å²) in [5.41, 5.74) is 0.808. The molecule has 0 aromatic heterocycles. The van der Waals surface area contributed by atoms with Gasteiger partial charge in [-0.05, 0) is 25.0 Å². The van der Waals surface area contributed by atoms with Crippen molar-refractivity contribution in [3.8, 4) is 0 Å². The molecule has 6 heteroatoms. The van der Waals surface area contributed by atoms with Crippen LogP contribution in [0.2, 0.25) is 0 Å². The van der Waals surface area contributed by atoms with Gasteiger partial charge in [-0.25, -0.2) is 4.79 Å². The third-order valence-electron chi connectivity index (χ3n) is 3.08. The maximum atomic E-state index is 11.6. The van der Waals surface area contributed by atoms with Crippen LogP contribution in [0.3, 0.4) is 0 Å². The lowest BCUT2D eigenvalue weighted by Crippen LogP contribution is -2.22. The van der Waals surface area contributed by atoms with E-state index in [0.29, 0.717) is 25.9 Å². The molecule has 23 heavy (non-hydrogen) atoms. The molecule has 0 amide bonds. The molecule has 130 valence electrons. The van der Waals surface area contributed by atoms with Crippen molar-refractivity contribution < 1.29 is 19.2 Å². The van der Waals surface area contributed by atoms with Gasteiger partial charge in [-0.2, -0.15) is 0 Å². The van der Waals surface area contributed by atoms with E-state index in [1.165, 1.54) is 6.08 Å². The second kappa shape index (κ2) is 12.6. The Morgan fingerprint density at radius 3 is 2.83 bits per heavy atom. The summed E-state index contributed by atoms with van der Waals surface area (Å²) >= 11 is 0. The molecular weight excluding hydrogens is 298 g/mol. The first-order chi connectivity index (χ1) is 11.0. The zero-order valence-corrected chi connectivity index (χ0v) is 14.4. The van der Waals surface area contributed by atoms with Crippen molar-refractivity contribution in [3.63, 3.8) is 0 Å². The molecule has 2 unspecified atom stereocenters. The van der Waals surface area contributed by atoms with Gasteiger partial charge < -0.3 is 9.47 Å². The molecule has 0 aromatic rings. The van der Waals surface area contributed by atoms with Crippen molar-refractivity contribution in [2.75, 3.05) is 13.7 Å². The second-order valence-electron chi connectivity index (χ2n) is 4.86. The number of esters is 1. The van der Waals surface area contributed by atoms with Gasteiger partial charge in [0.15, 0.2) is 0 Å². The van der Waals surface area contributed by atoms with Crippen LogP contribution in [0.1, 0.15) is 40.0 Å². The molecule has 0 heterocycles. The maximum Gasteiger partial charge on any atom is 0.331 e. The normalized spacial score (nSPS) is 19.0. The van der Waals surface area contributed by atoms with Gasteiger partial charge in [0.2, 0.25) is 6.04 Å². The summed E-state index contributed by atoms with van der Waals surface area (Å²) in [5, 5.41) is 10.8. The van der Waals surface area contributed by atoms with E-state index in [2.05, 4.69) is 0 Å². The fraction of sp³-hybridized carbons (Fsp3) is 0.588. The summed E-state index contributed by atoms with van der Waals surface area (Å²) in [4.78, 5) is 22.1. The maximum absolute atomic E-state index is 11.6. The first-order valence-electron chi connectivity index (χ1n) is 7.89. The minimum atomic E-state index is -0.554. The van der Waals surface area contributed by atoms with Crippen LogP contribution in [0.5, 0.6) is 0 Å². The fourth-order valence-electron chi connectivity index (χ4n) is 2.01. The standard InChI is InChI=1S/C15H21NO5.C2H6/c1-12(5-4-10-20-2)21-15(17)9-8-13-6-3-7-14(11-13)16(18)19;1-2/h4-6,8-9,12,14H,3,7,10-11H2,1-2H3;1-2H3/b5-4-,9-8+;. The Bertz CT molecular complexity index is 454. The fourth-order valence-corrected chi connectivity index (χ4v) is 2.01. The molecule has 2 atom stereocenters. The van der Waals surface area contributed by atoms with Crippen LogP contribution < -0.4 is 0 Å². The van der Waals surface area contributed by atoms with E-state index in [0.717, 1.165) is 5.57 Å². The SMILES string of the molecule is CC.COC/C=C\C(C)OC(=O)/C=C/C1=CCCC([N+](=O)[O-])C1. The molecule has 0 N–H and O–H groups in total. The average molecular weight is 325 g/mol. The average Bonchev–Trinajstić information content (AvgIpc) is 2.55.